The molecule has 0 radical (unpaired) electrons. The Morgan fingerprint density at radius 2 is 1.76 bits per heavy atom. The van der Waals surface area contributed by atoms with Gasteiger partial charge in [0.25, 0.3) is 15.9 Å². The molecule has 2 aromatic heterocycles. The van der Waals surface area contributed by atoms with Crippen molar-refractivity contribution in [2.75, 3.05) is 57.4 Å². The van der Waals surface area contributed by atoms with Crippen molar-refractivity contribution in [3.8, 4) is 17.4 Å². The van der Waals surface area contributed by atoms with Crippen LogP contribution in [0.4, 0.5) is 5.69 Å². The Bertz CT molecular complexity index is 2460. The van der Waals surface area contributed by atoms with E-state index < -0.39 is 15.9 Å². The van der Waals surface area contributed by atoms with Crippen LogP contribution in [0.15, 0.2) is 89.6 Å². The Labute approximate surface area is 354 Å². The van der Waals surface area contributed by atoms with Crippen molar-refractivity contribution in [3.63, 3.8) is 0 Å². The number of carbonyl (C=O) groups excluding carboxylic acids is 1. The van der Waals surface area contributed by atoms with Gasteiger partial charge in [-0.05, 0) is 97.0 Å². The van der Waals surface area contributed by atoms with Crippen LogP contribution in [-0.4, -0.2) is 87.0 Å². The third kappa shape index (κ3) is 9.71. The second-order valence-corrected chi connectivity index (χ2v) is 18.8. The van der Waals surface area contributed by atoms with Crippen molar-refractivity contribution in [3.05, 3.63) is 106 Å². The Balaban J connectivity index is 0.996. The lowest BCUT2D eigenvalue weighted by Crippen LogP contribution is -2.47. The van der Waals surface area contributed by atoms with Crippen LogP contribution in [0.25, 0.3) is 16.5 Å². The van der Waals surface area contributed by atoms with E-state index in [0.29, 0.717) is 36.9 Å². The number of aromatic amines is 1. The zero-order valence-electron chi connectivity index (χ0n) is 33.2. The summed E-state index contributed by atoms with van der Waals surface area (Å²) in [4.78, 5) is 22.6. The predicted molar refractivity (Wildman–Crippen MR) is 230 cm³/mol. The highest BCUT2D eigenvalue weighted by Gasteiger charge is 2.30. The molecule has 4 heterocycles. The van der Waals surface area contributed by atoms with Gasteiger partial charge in [0, 0.05) is 62.7 Å². The first kappa shape index (κ1) is 41.1. The summed E-state index contributed by atoms with van der Waals surface area (Å²) in [6.45, 7) is 10.5. The number of piperazine rings is 1. The van der Waals surface area contributed by atoms with E-state index in [1.807, 2.05) is 30.3 Å². The number of hydrogen-bond acceptors (Lipinski definition) is 10. The first-order valence-corrected chi connectivity index (χ1v) is 22.3. The summed E-state index contributed by atoms with van der Waals surface area (Å²) >= 11 is 12.7. The Hall–Kier alpha value is -4.66. The Morgan fingerprint density at radius 1 is 0.983 bits per heavy atom. The molecule has 5 aromatic rings. The third-order valence-corrected chi connectivity index (χ3v) is 13.3. The number of nitrogens with zero attached hydrogens (tertiary/aromatic N) is 4. The predicted octanol–water partition coefficient (Wildman–Crippen LogP) is 8.77. The van der Waals surface area contributed by atoms with Gasteiger partial charge in [-0.3, -0.25) is 14.8 Å². The van der Waals surface area contributed by atoms with Gasteiger partial charge in [-0.1, -0.05) is 60.8 Å². The number of allylic oxidation sites excluding steroid dienone is 1. The fourth-order valence-electron chi connectivity index (χ4n) is 8.13. The van der Waals surface area contributed by atoms with Gasteiger partial charge in [0.1, 0.15) is 21.4 Å². The molecule has 2 N–H and O–H groups in total. The van der Waals surface area contributed by atoms with Crippen LogP contribution in [0.1, 0.15) is 61.9 Å². The first-order chi connectivity index (χ1) is 28.4. The van der Waals surface area contributed by atoms with Gasteiger partial charge < -0.3 is 19.1 Å². The van der Waals surface area contributed by atoms with E-state index in [0.717, 1.165) is 87.3 Å². The van der Waals surface area contributed by atoms with Crippen molar-refractivity contribution < 1.29 is 27.4 Å². The van der Waals surface area contributed by atoms with Crippen molar-refractivity contribution in [1.29, 1.82) is 0 Å². The van der Waals surface area contributed by atoms with Crippen LogP contribution in [0.3, 0.4) is 0 Å². The number of nitrogens with one attached hydrogen (secondary N) is 2. The molecule has 310 valence electrons. The maximum absolute atomic E-state index is 13.9. The lowest BCUT2D eigenvalue weighted by molar-refractivity contribution is 0.0490. The first-order valence-electron chi connectivity index (χ1n) is 20.0. The van der Waals surface area contributed by atoms with E-state index in [-0.39, 0.29) is 32.5 Å². The van der Waals surface area contributed by atoms with E-state index in [4.69, 9.17) is 37.4 Å². The number of benzene rings is 3. The van der Waals surface area contributed by atoms with Crippen molar-refractivity contribution >= 4 is 61.3 Å². The molecule has 0 saturated carbocycles. The van der Waals surface area contributed by atoms with Crippen molar-refractivity contribution in [1.82, 2.24) is 24.8 Å². The quantitative estimate of drug-likeness (QED) is 0.125. The fourth-order valence-corrected chi connectivity index (χ4v) is 9.48. The molecule has 0 unspecified atom stereocenters. The molecular formula is C44H48Cl2N6O6S. The largest absolute Gasteiger partial charge is 0.476 e. The zero-order valence-corrected chi connectivity index (χ0v) is 35.5. The molecule has 2 fully saturated rings. The molecule has 12 nitrogen and oxygen atoms in total. The summed E-state index contributed by atoms with van der Waals surface area (Å²) in [6, 6.07) is 20.1. The third-order valence-electron chi connectivity index (χ3n) is 11.5. The molecule has 0 bridgehead atoms. The van der Waals surface area contributed by atoms with E-state index in [1.54, 1.807) is 24.4 Å². The molecule has 59 heavy (non-hydrogen) atoms. The maximum atomic E-state index is 13.9. The second-order valence-electron chi connectivity index (χ2n) is 16.3. The van der Waals surface area contributed by atoms with Crippen molar-refractivity contribution in [2.24, 2.45) is 11.3 Å². The second kappa shape index (κ2) is 17.5. The summed E-state index contributed by atoms with van der Waals surface area (Å²) in [5, 5.41) is 8.56. The Morgan fingerprint density at radius 3 is 2.53 bits per heavy atom. The SMILES string of the molecule is CC1(C)CCC(c2ccc(Cl)cc2)=C(CN2CCN(c3ccc(C(=O)NS(=O)(=O)c4cnc(OCC5CCOCC5)c(Cl)c4)c(Oc4cccc5[nH]ncc45)c3)CC2)C1. The average Bonchev–Trinajstić information content (AvgIpc) is 3.71. The minimum absolute atomic E-state index is 0.0235. The highest BCUT2D eigenvalue weighted by atomic mass is 35.5. The monoisotopic (exact) mass is 858 g/mol. The number of anilines is 1. The van der Waals surface area contributed by atoms with Gasteiger partial charge in [0.2, 0.25) is 5.88 Å². The lowest BCUT2D eigenvalue weighted by atomic mass is 9.73. The lowest BCUT2D eigenvalue weighted by Gasteiger charge is -2.39. The average molecular weight is 860 g/mol. The van der Waals surface area contributed by atoms with Gasteiger partial charge in [-0.2, -0.15) is 5.10 Å². The van der Waals surface area contributed by atoms with Gasteiger partial charge >= 0.3 is 0 Å². The van der Waals surface area contributed by atoms with Gasteiger partial charge in [-0.15, -0.1) is 0 Å². The van der Waals surface area contributed by atoms with Crippen LogP contribution < -0.4 is 19.1 Å². The number of hydrogen-bond donors (Lipinski definition) is 2. The Kier molecular flexibility index (Phi) is 12.2. The van der Waals surface area contributed by atoms with Crippen LogP contribution >= 0.6 is 23.2 Å². The molecule has 0 atom stereocenters. The van der Waals surface area contributed by atoms with E-state index in [1.165, 1.54) is 22.8 Å². The number of amides is 1. The highest BCUT2D eigenvalue weighted by Crippen LogP contribution is 2.43. The van der Waals surface area contributed by atoms with Crippen molar-refractivity contribution in [2.45, 2.75) is 50.8 Å². The van der Waals surface area contributed by atoms with Gasteiger partial charge in [0.05, 0.1) is 35.5 Å². The molecule has 3 aliphatic rings. The molecule has 1 aliphatic carbocycles. The minimum Gasteiger partial charge on any atom is -0.476 e. The number of halogens is 2. The van der Waals surface area contributed by atoms with E-state index in [9.17, 15) is 13.2 Å². The molecule has 8 rings (SSSR count). The molecule has 2 saturated heterocycles. The van der Waals surface area contributed by atoms with Gasteiger partial charge in [0.15, 0.2) is 0 Å². The summed E-state index contributed by atoms with van der Waals surface area (Å²) in [5.41, 5.74) is 6.05. The topological polar surface area (TPSA) is 139 Å². The van der Waals surface area contributed by atoms with Crippen LogP contribution in [0.2, 0.25) is 10.0 Å². The summed E-state index contributed by atoms with van der Waals surface area (Å²) in [7, 11) is -4.39. The standard InChI is InChI=1S/C44H48Cl2N6O6S/c1-44(2)15-12-35(30-6-8-32(45)9-7-30)31(24-44)27-51-16-18-52(19-17-51)33-10-11-36(41(22-33)58-40-5-3-4-39-37(40)26-48-49-39)42(53)50-59(54,55)34-23-38(46)43(47-25-34)57-28-29-13-20-56-21-14-29/h3-11,22-23,25-26,29H,12-21,24,27-28H2,1-2H3,(H,48,49)(H,50,53). The van der Waals surface area contributed by atoms with Gasteiger partial charge in [-0.25, -0.2) is 18.1 Å². The molecule has 1 amide bonds. The number of sulfonamides is 1. The number of H-pyrrole nitrogens is 1. The van der Waals surface area contributed by atoms with E-state index in [2.05, 4.69) is 55.7 Å². The highest BCUT2D eigenvalue weighted by molar-refractivity contribution is 7.90. The minimum atomic E-state index is -4.39. The number of ether oxygens (including phenoxy) is 3. The maximum Gasteiger partial charge on any atom is 0.268 e. The zero-order chi connectivity index (χ0) is 41.1. The molecule has 0 spiro atoms. The summed E-state index contributed by atoms with van der Waals surface area (Å²) in [5.74, 6) is 0.210. The van der Waals surface area contributed by atoms with Crippen LogP contribution in [-0.2, 0) is 14.8 Å². The molecular weight excluding hydrogens is 811 g/mol. The van der Waals surface area contributed by atoms with Crippen LogP contribution in [0, 0.1) is 11.3 Å². The number of fused-ring (bicyclic) bond motifs is 1. The normalized spacial score (nSPS) is 17.9. The number of aromatic nitrogens is 3. The summed E-state index contributed by atoms with van der Waals surface area (Å²) in [6.07, 6.45) is 7.74. The smallest absolute Gasteiger partial charge is 0.268 e. The van der Waals surface area contributed by atoms with Crippen LogP contribution in [0.5, 0.6) is 17.4 Å². The number of carbonyl (C=O) groups is 1. The fraction of sp³-hybridized carbons (Fsp3) is 0.386. The molecule has 2 aliphatic heterocycles. The number of rotatable bonds is 12. The number of pyridine rings is 1. The summed E-state index contributed by atoms with van der Waals surface area (Å²) < 4.78 is 47.0. The van der Waals surface area contributed by atoms with E-state index >= 15 is 0 Å². The molecule has 15 heteroatoms. The molecule has 3 aromatic carbocycles.